The number of pyridine rings is 1. The van der Waals surface area contributed by atoms with Crippen LogP contribution in [0.2, 0.25) is 5.02 Å². The highest BCUT2D eigenvalue weighted by Gasteiger charge is 2.28. The van der Waals surface area contributed by atoms with Gasteiger partial charge in [0.2, 0.25) is 5.95 Å². The van der Waals surface area contributed by atoms with Crippen LogP contribution in [0.3, 0.4) is 0 Å². The lowest BCUT2D eigenvalue weighted by Crippen LogP contribution is -2.38. The van der Waals surface area contributed by atoms with Crippen molar-refractivity contribution in [2.75, 3.05) is 43.4 Å². The Kier molecular flexibility index (Phi) is 10.1. The van der Waals surface area contributed by atoms with E-state index in [0.29, 0.717) is 35.1 Å². The first kappa shape index (κ1) is 36.1. The van der Waals surface area contributed by atoms with Gasteiger partial charge in [0.05, 0.1) is 28.3 Å². The number of likely N-dealkylation sites (N-methyl/N-ethyl adjacent to an activating group) is 1. The molecule has 2 fully saturated rings. The fourth-order valence-electron chi connectivity index (χ4n) is 7.64. The molecule has 5 heterocycles. The molecule has 3 aromatic heterocycles. The summed E-state index contributed by atoms with van der Waals surface area (Å²) in [6, 6.07) is 19.0. The zero-order valence-corrected chi connectivity index (χ0v) is 32.2. The molecule has 12 nitrogen and oxygen atoms in total. The van der Waals surface area contributed by atoms with Crippen LogP contribution in [0.1, 0.15) is 88.6 Å². The van der Waals surface area contributed by atoms with Crippen LogP contribution < -0.4 is 19.7 Å². The summed E-state index contributed by atoms with van der Waals surface area (Å²) in [7, 11) is 2.11. The van der Waals surface area contributed by atoms with E-state index >= 15 is 0 Å². The van der Waals surface area contributed by atoms with E-state index in [-0.39, 0.29) is 17.6 Å². The first-order valence-corrected chi connectivity index (χ1v) is 19.5. The molecule has 0 spiro atoms. The molecule has 13 heteroatoms. The SMILES string of the molecule is CN1CCC[C@@H](Oc2cc(-n3nc(C(C)(C)C)cc3NC(=O)/N=C3\CC[C@@H](Oc4ccc5nnc(N6CCCCC6)n5c4)c4ccccc43)ccc2Cl)C1. The average Bonchev–Trinajstić information content (AvgIpc) is 3.79. The number of carbonyl (C=O) groups is 1. The molecule has 8 rings (SSSR count). The monoisotopic (exact) mass is 749 g/mol. The van der Waals surface area contributed by atoms with E-state index in [4.69, 9.17) is 26.2 Å². The van der Waals surface area contributed by atoms with Gasteiger partial charge in [-0.2, -0.15) is 10.1 Å². The molecule has 2 aromatic carbocycles. The Balaban J connectivity index is 1.03. The maximum absolute atomic E-state index is 13.7. The fraction of sp³-hybridized carbons (Fsp3) is 0.439. The second-order valence-corrected chi connectivity index (χ2v) is 16.1. The van der Waals surface area contributed by atoms with E-state index in [1.165, 1.54) is 6.42 Å². The van der Waals surface area contributed by atoms with E-state index in [2.05, 4.69) is 64.2 Å². The largest absolute Gasteiger partial charge is 0.487 e. The van der Waals surface area contributed by atoms with Gasteiger partial charge in [-0.25, -0.2) is 9.48 Å². The van der Waals surface area contributed by atoms with E-state index in [1.54, 1.807) is 4.68 Å². The smallest absolute Gasteiger partial charge is 0.346 e. The van der Waals surface area contributed by atoms with Gasteiger partial charge in [0.15, 0.2) is 5.65 Å². The van der Waals surface area contributed by atoms with Gasteiger partial charge < -0.3 is 19.3 Å². The number of fused-ring (bicyclic) bond motifs is 2. The number of hydrogen-bond donors (Lipinski definition) is 1. The molecule has 2 aliphatic heterocycles. The number of ether oxygens (including phenoxy) is 2. The number of rotatable bonds is 7. The normalized spacial score (nSPS) is 20.2. The minimum atomic E-state index is -0.472. The van der Waals surface area contributed by atoms with Gasteiger partial charge in [-0.3, -0.25) is 9.72 Å². The van der Waals surface area contributed by atoms with Gasteiger partial charge >= 0.3 is 6.03 Å². The van der Waals surface area contributed by atoms with Crippen molar-refractivity contribution >= 4 is 40.8 Å². The topological polar surface area (TPSA) is 114 Å². The number of likely N-dealkylation sites (tertiary alicyclic amines) is 1. The van der Waals surface area contributed by atoms with Crippen LogP contribution in [0.4, 0.5) is 16.6 Å². The fourth-order valence-corrected chi connectivity index (χ4v) is 7.80. The molecule has 3 aliphatic rings. The Labute approximate surface area is 321 Å². The third kappa shape index (κ3) is 7.67. The summed E-state index contributed by atoms with van der Waals surface area (Å²) >= 11 is 6.63. The Morgan fingerprint density at radius 1 is 0.944 bits per heavy atom. The van der Waals surface area contributed by atoms with Crippen LogP contribution >= 0.6 is 11.6 Å². The Bertz CT molecular complexity index is 2180. The third-order valence-electron chi connectivity index (χ3n) is 10.5. The Morgan fingerprint density at radius 3 is 2.59 bits per heavy atom. The lowest BCUT2D eigenvalue weighted by molar-refractivity contribution is 0.104. The number of urea groups is 1. The van der Waals surface area contributed by atoms with E-state index in [0.717, 1.165) is 91.7 Å². The second kappa shape index (κ2) is 15.1. The highest BCUT2D eigenvalue weighted by atomic mass is 35.5. The molecule has 2 atom stereocenters. The van der Waals surface area contributed by atoms with Gasteiger partial charge in [0.1, 0.15) is 29.5 Å². The highest BCUT2D eigenvalue weighted by Crippen LogP contribution is 2.36. The molecule has 282 valence electrons. The zero-order chi connectivity index (χ0) is 37.4. The lowest BCUT2D eigenvalue weighted by Gasteiger charge is -2.30. The minimum Gasteiger partial charge on any atom is -0.487 e. The van der Waals surface area contributed by atoms with Crippen molar-refractivity contribution in [3.63, 3.8) is 0 Å². The van der Waals surface area contributed by atoms with Gasteiger partial charge in [0.25, 0.3) is 0 Å². The van der Waals surface area contributed by atoms with Crippen LogP contribution in [0.5, 0.6) is 11.5 Å². The first-order chi connectivity index (χ1) is 26.1. The summed E-state index contributed by atoms with van der Waals surface area (Å²) in [6.07, 6.45) is 8.67. The Morgan fingerprint density at radius 2 is 1.78 bits per heavy atom. The number of halogens is 1. The first-order valence-electron chi connectivity index (χ1n) is 19.1. The number of aliphatic imine (C=N–C) groups is 1. The van der Waals surface area contributed by atoms with Crippen LogP contribution in [-0.2, 0) is 5.41 Å². The molecule has 2 amide bonds. The standard InChI is InChI=1S/C41H48ClN9O3/c1-41(2,3)36-24-38(51(47-36)27-14-16-32(42)35(23-27)54-28-11-10-20-48(4)25-28)44-39(52)43-33-17-18-34(31-13-7-6-12-30(31)33)53-29-15-19-37-45-46-40(50(37)26-29)49-21-8-5-9-22-49/h6-7,12-16,19,23-24,26,28,34H,5,8-11,17-18,20-22,25H2,1-4H3,(H,44,52)/b43-33+/t28-,34-/m1/s1. The van der Waals surface area contributed by atoms with E-state index in [1.807, 2.05) is 65.2 Å². The van der Waals surface area contributed by atoms with Gasteiger partial charge in [0, 0.05) is 48.3 Å². The Hall–Kier alpha value is -4.94. The molecular formula is C41H48ClN9O3. The molecule has 54 heavy (non-hydrogen) atoms. The molecule has 0 radical (unpaired) electrons. The van der Waals surface area contributed by atoms with Crippen molar-refractivity contribution in [2.45, 2.75) is 83.3 Å². The summed E-state index contributed by atoms with van der Waals surface area (Å²) in [6.45, 7) is 10.1. The maximum Gasteiger partial charge on any atom is 0.346 e. The molecule has 1 aliphatic carbocycles. The number of nitrogens with one attached hydrogen (secondary N) is 1. The molecular weight excluding hydrogens is 702 g/mol. The maximum atomic E-state index is 13.7. The van der Waals surface area contributed by atoms with Crippen molar-refractivity contribution in [3.05, 3.63) is 88.7 Å². The number of carbonyl (C=O) groups excluding carboxylic acids is 1. The number of amides is 2. The predicted octanol–water partition coefficient (Wildman–Crippen LogP) is 8.26. The number of hydrogen-bond acceptors (Lipinski definition) is 8. The highest BCUT2D eigenvalue weighted by molar-refractivity contribution is 6.32. The van der Waals surface area contributed by atoms with Crippen LogP contribution in [0.25, 0.3) is 11.3 Å². The summed E-state index contributed by atoms with van der Waals surface area (Å²) in [5.74, 6) is 2.70. The van der Waals surface area contributed by atoms with E-state index in [9.17, 15) is 4.79 Å². The van der Waals surface area contributed by atoms with Crippen molar-refractivity contribution in [1.29, 1.82) is 0 Å². The third-order valence-corrected chi connectivity index (χ3v) is 10.8. The van der Waals surface area contributed by atoms with Crippen LogP contribution in [0.15, 0.2) is 71.9 Å². The van der Waals surface area contributed by atoms with Gasteiger partial charge in [-0.15, -0.1) is 10.2 Å². The predicted molar refractivity (Wildman–Crippen MR) is 212 cm³/mol. The lowest BCUT2D eigenvalue weighted by atomic mass is 9.87. The molecule has 0 bridgehead atoms. The summed E-state index contributed by atoms with van der Waals surface area (Å²) < 4.78 is 16.8. The molecule has 2 saturated heterocycles. The molecule has 0 unspecified atom stereocenters. The molecule has 1 N–H and O–H groups in total. The van der Waals surface area contributed by atoms with Crippen molar-refractivity contribution in [2.24, 2.45) is 4.99 Å². The van der Waals surface area contributed by atoms with Gasteiger partial charge in [-0.1, -0.05) is 56.6 Å². The number of piperidine rings is 2. The summed E-state index contributed by atoms with van der Waals surface area (Å²) in [5, 5.41) is 17.4. The van der Waals surface area contributed by atoms with E-state index < -0.39 is 6.03 Å². The van der Waals surface area contributed by atoms with Crippen molar-refractivity contribution in [1.82, 2.24) is 29.3 Å². The average molecular weight is 750 g/mol. The molecule has 5 aromatic rings. The number of aromatic nitrogens is 5. The molecule has 0 saturated carbocycles. The van der Waals surface area contributed by atoms with Crippen LogP contribution in [0, 0.1) is 0 Å². The second-order valence-electron chi connectivity index (χ2n) is 15.7. The van der Waals surface area contributed by atoms with Gasteiger partial charge in [-0.05, 0) is 82.8 Å². The quantitative estimate of drug-likeness (QED) is 0.177. The summed E-state index contributed by atoms with van der Waals surface area (Å²) in [4.78, 5) is 22.9. The minimum absolute atomic E-state index is 0.0487. The summed E-state index contributed by atoms with van der Waals surface area (Å²) in [5.41, 5.74) is 4.70. The zero-order valence-electron chi connectivity index (χ0n) is 31.5. The van der Waals surface area contributed by atoms with Crippen molar-refractivity contribution in [3.8, 4) is 17.2 Å². The number of benzene rings is 2. The number of anilines is 2. The van der Waals surface area contributed by atoms with Crippen LogP contribution in [-0.4, -0.2) is 80.4 Å². The van der Waals surface area contributed by atoms with Crippen molar-refractivity contribution < 1.29 is 14.3 Å². The number of nitrogens with zero attached hydrogens (tertiary/aromatic N) is 8.